The molecule has 0 bridgehead atoms. The quantitative estimate of drug-likeness (QED) is 0.590. The van der Waals surface area contributed by atoms with Crippen LogP contribution in [0.5, 0.6) is 0 Å². The molecule has 5 heteroatoms. The van der Waals surface area contributed by atoms with Gasteiger partial charge in [0.2, 0.25) is 0 Å². The second-order valence-corrected chi connectivity index (χ2v) is 4.39. The highest BCUT2D eigenvalue weighted by Crippen LogP contribution is 2.32. The van der Waals surface area contributed by atoms with E-state index in [0.29, 0.717) is 5.56 Å². The van der Waals surface area contributed by atoms with Crippen molar-refractivity contribution in [1.82, 2.24) is 0 Å². The van der Waals surface area contributed by atoms with Gasteiger partial charge in [0.25, 0.3) is 0 Å². The van der Waals surface area contributed by atoms with Crippen molar-refractivity contribution in [3.8, 4) is 0 Å². The Balaban J connectivity index is 2.54. The number of benzene rings is 2. The summed E-state index contributed by atoms with van der Waals surface area (Å²) in [4.78, 5) is 12.2. The second kappa shape index (κ2) is 5.07. The number of halogens is 4. The SMILES string of the molecule is Cc1cc(F)cc(C(=O)c2ccccc2C(F)(F)F)c1. The molecule has 0 aromatic heterocycles. The Hall–Kier alpha value is -2.17. The normalized spacial score (nSPS) is 11.4. The topological polar surface area (TPSA) is 17.1 Å². The lowest BCUT2D eigenvalue weighted by atomic mass is 9.97. The van der Waals surface area contributed by atoms with E-state index in [9.17, 15) is 22.4 Å². The Labute approximate surface area is 112 Å². The Morgan fingerprint density at radius 2 is 1.70 bits per heavy atom. The molecule has 2 aromatic carbocycles. The van der Waals surface area contributed by atoms with Crippen LogP contribution >= 0.6 is 0 Å². The first-order valence-electron chi connectivity index (χ1n) is 5.77. The lowest BCUT2D eigenvalue weighted by molar-refractivity contribution is -0.137. The fraction of sp³-hybridized carbons (Fsp3) is 0.133. The van der Waals surface area contributed by atoms with Crippen molar-refractivity contribution in [2.45, 2.75) is 13.1 Å². The molecular formula is C15H10F4O. The first-order chi connectivity index (χ1) is 9.29. The van der Waals surface area contributed by atoms with E-state index in [4.69, 9.17) is 0 Å². The van der Waals surface area contributed by atoms with E-state index in [-0.39, 0.29) is 5.56 Å². The number of hydrogen-bond acceptors (Lipinski definition) is 1. The number of carbonyl (C=O) groups is 1. The zero-order chi connectivity index (χ0) is 14.9. The number of ketones is 1. The van der Waals surface area contributed by atoms with Gasteiger partial charge in [-0.15, -0.1) is 0 Å². The zero-order valence-corrected chi connectivity index (χ0v) is 10.5. The Kier molecular flexibility index (Phi) is 3.61. The molecule has 1 nitrogen and oxygen atoms in total. The van der Waals surface area contributed by atoms with Crippen LogP contribution in [0.3, 0.4) is 0 Å². The summed E-state index contributed by atoms with van der Waals surface area (Å²) in [5, 5.41) is 0. The molecule has 0 fully saturated rings. The van der Waals surface area contributed by atoms with Crippen molar-refractivity contribution < 1.29 is 22.4 Å². The van der Waals surface area contributed by atoms with E-state index in [1.54, 1.807) is 6.92 Å². The summed E-state index contributed by atoms with van der Waals surface area (Å²) in [6.45, 7) is 1.57. The lowest BCUT2D eigenvalue weighted by Crippen LogP contribution is -2.13. The molecule has 0 unspecified atom stereocenters. The van der Waals surface area contributed by atoms with Crippen LogP contribution in [0.25, 0.3) is 0 Å². The molecule has 0 heterocycles. The molecule has 0 aliphatic heterocycles. The van der Waals surface area contributed by atoms with E-state index in [2.05, 4.69) is 0 Å². The Morgan fingerprint density at radius 1 is 1.05 bits per heavy atom. The molecule has 2 aromatic rings. The fourth-order valence-corrected chi connectivity index (χ4v) is 1.95. The van der Waals surface area contributed by atoms with Gasteiger partial charge in [0.1, 0.15) is 5.82 Å². The molecule has 0 saturated heterocycles. The van der Waals surface area contributed by atoms with Gasteiger partial charge in [0, 0.05) is 11.1 Å². The number of alkyl halides is 3. The lowest BCUT2D eigenvalue weighted by Gasteiger charge is -2.12. The third-order valence-corrected chi connectivity index (χ3v) is 2.78. The van der Waals surface area contributed by atoms with Crippen LogP contribution in [-0.2, 0) is 6.18 Å². The van der Waals surface area contributed by atoms with Gasteiger partial charge in [-0.3, -0.25) is 4.79 Å². The van der Waals surface area contributed by atoms with Crippen molar-refractivity contribution in [3.05, 3.63) is 70.5 Å². The van der Waals surface area contributed by atoms with Gasteiger partial charge < -0.3 is 0 Å². The van der Waals surface area contributed by atoms with Gasteiger partial charge in [-0.25, -0.2) is 4.39 Å². The predicted octanol–water partition coefficient (Wildman–Crippen LogP) is 4.38. The average Bonchev–Trinajstić information content (AvgIpc) is 2.35. The van der Waals surface area contributed by atoms with Gasteiger partial charge >= 0.3 is 6.18 Å². The first-order valence-corrected chi connectivity index (χ1v) is 5.77. The number of rotatable bonds is 2. The standard InChI is InChI=1S/C15H10F4O/c1-9-6-10(8-11(16)7-9)14(20)12-4-2-3-5-13(12)15(17,18)19/h2-8H,1H3. The van der Waals surface area contributed by atoms with Crippen LogP contribution in [0.1, 0.15) is 27.0 Å². The van der Waals surface area contributed by atoms with Crippen molar-refractivity contribution in [3.63, 3.8) is 0 Å². The van der Waals surface area contributed by atoms with E-state index in [0.717, 1.165) is 18.2 Å². The summed E-state index contributed by atoms with van der Waals surface area (Å²) in [5.74, 6) is -1.50. The molecule has 20 heavy (non-hydrogen) atoms. The van der Waals surface area contributed by atoms with Gasteiger partial charge in [-0.2, -0.15) is 13.2 Å². The maximum Gasteiger partial charge on any atom is 0.417 e. The highest BCUT2D eigenvalue weighted by atomic mass is 19.4. The van der Waals surface area contributed by atoms with Crippen LogP contribution < -0.4 is 0 Å². The Morgan fingerprint density at radius 3 is 2.30 bits per heavy atom. The highest BCUT2D eigenvalue weighted by molar-refractivity contribution is 6.10. The van der Waals surface area contributed by atoms with E-state index < -0.39 is 28.9 Å². The first kappa shape index (κ1) is 14.2. The maximum atomic E-state index is 13.3. The molecular weight excluding hydrogens is 272 g/mol. The minimum Gasteiger partial charge on any atom is -0.289 e. The molecule has 0 aliphatic rings. The van der Waals surface area contributed by atoms with Gasteiger partial charge in [0.05, 0.1) is 5.56 Å². The third-order valence-electron chi connectivity index (χ3n) is 2.78. The monoisotopic (exact) mass is 282 g/mol. The average molecular weight is 282 g/mol. The summed E-state index contributed by atoms with van der Waals surface area (Å²) in [5.41, 5.74) is -1.13. The van der Waals surface area contributed by atoms with Gasteiger partial charge in [0.15, 0.2) is 5.78 Å². The largest absolute Gasteiger partial charge is 0.417 e. The van der Waals surface area contributed by atoms with Crippen molar-refractivity contribution >= 4 is 5.78 Å². The fourth-order valence-electron chi connectivity index (χ4n) is 1.95. The molecule has 0 amide bonds. The summed E-state index contributed by atoms with van der Waals surface area (Å²) >= 11 is 0. The Bertz CT molecular complexity index is 639. The molecule has 0 saturated carbocycles. The molecule has 0 atom stereocenters. The summed E-state index contributed by atoms with van der Waals surface area (Å²) in [7, 11) is 0. The van der Waals surface area contributed by atoms with Crippen molar-refractivity contribution in [2.24, 2.45) is 0 Å². The van der Waals surface area contributed by atoms with Gasteiger partial charge in [-0.1, -0.05) is 18.2 Å². The summed E-state index contributed by atoms with van der Waals surface area (Å²) in [6.07, 6.45) is -4.63. The molecule has 104 valence electrons. The zero-order valence-electron chi connectivity index (χ0n) is 10.5. The third kappa shape index (κ3) is 2.87. The van der Waals surface area contributed by atoms with Crippen LogP contribution in [0.4, 0.5) is 17.6 Å². The van der Waals surface area contributed by atoms with Gasteiger partial charge in [-0.05, 0) is 36.8 Å². The summed E-state index contributed by atoms with van der Waals surface area (Å²) < 4.78 is 51.8. The number of hydrogen-bond donors (Lipinski definition) is 0. The number of carbonyl (C=O) groups excluding carboxylic acids is 1. The molecule has 2 rings (SSSR count). The predicted molar refractivity (Wildman–Crippen MR) is 66.0 cm³/mol. The maximum absolute atomic E-state index is 13.3. The van der Waals surface area contributed by atoms with Crippen molar-refractivity contribution in [1.29, 1.82) is 0 Å². The van der Waals surface area contributed by atoms with E-state index >= 15 is 0 Å². The minimum atomic E-state index is -4.63. The smallest absolute Gasteiger partial charge is 0.289 e. The molecule has 0 radical (unpaired) electrons. The summed E-state index contributed by atoms with van der Waals surface area (Å²) in [6, 6.07) is 7.96. The van der Waals surface area contributed by atoms with E-state index in [1.807, 2.05) is 0 Å². The van der Waals surface area contributed by atoms with E-state index in [1.165, 1.54) is 24.3 Å². The van der Waals surface area contributed by atoms with Crippen LogP contribution in [-0.4, -0.2) is 5.78 Å². The molecule has 0 spiro atoms. The molecule has 0 aliphatic carbocycles. The number of aryl methyl sites for hydroxylation is 1. The molecule has 0 N–H and O–H groups in total. The van der Waals surface area contributed by atoms with Crippen LogP contribution in [0.2, 0.25) is 0 Å². The van der Waals surface area contributed by atoms with Crippen LogP contribution in [0, 0.1) is 12.7 Å². The van der Waals surface area contributed by atoms with Crippen LogP contribution in [0.15, 0.2) is 42.5 Å². The highest BCUT2D eigenvalue weighted by Gasteiger charge is 2.35. The second-order valence-electron chi connectivity index (χ2n) is 4.39. The van der Waals surface area contributed by atoms with Crippen molar-refractivity contribution in [2.75, 3.05) is 0 Å². The minimum absolute atomic E-state index is 0.0980.